The lowest BCUT2D eigenvalue weighted by atomic mass is 10.0. The summed E-state index contributed by atoms with van der Waals surface area (Å²) in [6, 6.07) is 4.69. The molecule has 0 atom stereocenters. The molecule has 94 valence electrons. The third kappa shape index (κ3) is 4.29. The standard InChI is InChI=1S/C14H19ClFN/c15-13-7-12(8-14(16)9-13)10-17-6-5-11-3-1-2-4-11/h7-9,11,17H,1-6,10H2. The molecule has 0 aliphatic heterocycles. The van der Waals surface area contributed by atoms with Gasteiger partial charge in [0.15, 0.2) is 0 Å². The topological polar surface area (TPSA) is 12.0 Å². The van der Waals surface area contributed by atoms with Gasteiger partial charge in [0.1, 0.15) is 5.82 Å². The van der Waals surface area contributed by atoms with Gasteiger partial charge in [-0.25, -0.2) is 4.39 Å². The molecule has 17 heavy (non-hydrogen) atoms. The number of rotatable bonds is 5. The molecule has 1 nitrogen and oxygen atoms in total. The Bertz CT molecular complexity index is 341. The molecule has 0 spiro atoms. The van der Waals surface area contributed by atoms with Crippen LogP contribution in [0.4, 0.5) is 4.39 Å². The highest BCUT2D eigenvalue weighted by Crippen LogP contribution is 2.26. The van der Waals surface area contributed by atoms with Crippen LogP contribution in [0.25, 0.3) is 0 Å². The van der Waals surface area contributed by atoms with E-state index in [1.807, 2.05) is 6.07 Å². The predicted octanol–water partition coefficient (Wildman–Crippen LogP) is 4.15. The van der Waals surface area contributed by atoms with Crippen LogP contribution in [0.2, 0.25) is 5.02 Å². The lowest BCUT2D eigenvalue weighted by molar-refractivity contribution is 0.477. The normalized spacial score (nSPS) is 16.6. The van der Waals surface area contributed by atoms with Gasteiger partial charge in [0, 0.05) is 11.6 Å². The highest BCUT2D eigenvalue weighted by molar-refractivity contribution is 6.30. The lowest BCUT2D eigenvalue weighted by Gasteiger charge is -2.10. The summed E-state index contributed by atoms with van der Waals surface area (Å²) in [7, 11) is 0. The monoisotopic (exact) mass is 255 g/mol. The van der Waals surface area contributed by atoms with Crippen LogP contribution >= 0.6 is 11.6 Å². The molecule has 0 radical (unpaired) electrons. The van der Waals surface area contributed by atoms with Crippen LogP contribution in [0, 0.1) is 11.7 Å². The molecule has 0 bridgehead atoms. The van der Waals surface area contributed by atoms with Gasteiger partial charge in [-0.1, -0.05) is 37.3 Å². The minimum absolute atomic E-state index is 0.259. The maximum atomic E-state index is 13.1. The van der Waals surface area contributed by atoms with E-state index >= 15 is 0 Å². The Kier molecular flexibility index (Phi) is 4.81. The first-order chi connectivity index (χ1) is 8.24. The molecule has 1 N–H and O–H groups in total. The first kappa shape index (κ1) is 12.8. The summed E-state index contributed by atoms with van der Waals surface area (Å²) in [6.07, 6.45) is 6.79. The van der Waals surface area contributed by atoms with Crippen molar-refractivity contribution in [3.63, 3.8) is 0 Å². The van der Waals surface area contributed by atoms with Crippen molar-refractivity contribution >= 4 is 11.6 Å². The first-order valence-corrected chi connectivity index (χ1v) is 6.77. The molecule has 0 saturated heterocycles. The zero-order valence-electron chi connectivity index (χ0n) is 10.0. The van der Waals surface area contributed by atoms with E-state index in [1.165, 1.54) is 44.2 Å². The number of hydrogen-bond acceptors (Lipinski definition) is 1. The van der Waals surface area contributed by atoms with Crippen molar-refractivity contribution in [3.05, 3.63) is 34.6 Å². The molecule has 3 heteroatoms. The minimum Gasteiger partial charge on any atom is -0.313 e. The summed E-state index contributed by atoms with van der Waals surface area (Å²) in [5.41, 5.74) is 0.918. The van der Waals surface area contributed by atoms with Crippen molar-refractivity contribution < 1.29 is 4.39 Å². The highest BCUT2D eigenvalue weighted by Gasteiger charge is 2.13. The van der Waals surface area contributed by atoms with Gasteiger partial charge in [-0.3, -0.25) is 0 Å². The second kappa shape index (κ2) is 6.36. The molecule has 0 heterocycles. The summed E-state index contributed by atoms with van der Waals surface area (Å²) in [5, 5.41) is 3.83. The molecule has 2 rings (SSSR count). The Morgan fingerprint density at radius 3 is 2.71 bits per heavy atom. The van der Waals surface area contributed by atoms with Crippen LogP contribution in [0.15, 0.2) is 18.2 Å². The van der Waals surface area contributed by atoms with E-state index in [0.29, 0.717) is 11.6 Å². The first-order valence-electron chi connectivity index (χ1n) is 6.40. The van der Waals surface area contributed by atoms with Gasteiger partial charge in [0.2, 0.25) is 0 Å². The highest BCUT2D eigenvalue weighted by atomic mass is 35.5. The Balaban J connectivity index is 1.70. The van der Waals surface area contributed by atoms with E-state index in [2.05, 4.69) is 5.32 Å². The average Bonchev–Trinajstić information content (AvgIpc) is 2.76. The Morgan fingerprint density at radius 2 is 2.00 bits per heavy atom. The van der Waals surface area contributed by atoms with Gasteiger partial charge in [-0.2, -0.15) is 0 Å². The molecule has 1 fully saturated rings. The molecule has 0 aromatic heterocycles. The van der Waals surface area contributed by atoms with Crippen molar-refractivity contribution in [2.45, 2.75) is 38.6 Å². The summed E-state index contributed by atoms with van der Waals surface area (Å²) in [6.45, 7) is 1.71. The fourth-order valence-corrected chi connectivity index (χ4v) is 2.80. The van der Waals surface area contributed by atoms with Crippen LogP contribution in [0.3, 0.4) is 0 Å². The number of halogens is 2. The maximum absolute atomic E-state index is 13.1. The second-order valence-corrected chi connectivity index (χ2v) is 5.33. The van der Waals surface area contributed by atoms with E-state index < -0.39 is 0 Å². The molecule has 0 amide bonds. The van der Waals surface area contributed by atoms with Gasteiger partial charge >= 0.3 is 0 Å². The third-order valence-electron chi connectivity index (χ3n) is 3.46. The molecular weight excluding hydrogens is 237 g/mol. The predicted molar refractivity (Wildman–Crippen MR) is 69.7 cm³/mol. The molecular formula is C14H19ClFN. The number of nitrogens with one attached hydrogen (secondary N) is 1. The van der Waals surface area contributed by atoms with E-state index in [9.17, 15) is 4.39 Å². The van der Waals surface area contributed by atoms with Gasteiger partial charge < -0.3 is 5.32 Å². The Labute approximate surface area is 107 Å². The van der Waals surface area contributed by atoms with Gasteiger partial charge in [0.05, 0.1) is 0 Å². The molecule has 1 aliphatic rings. The second-order valence-electron chi connectivity index (χ2n) is 4.89. The Morgan fingerprint density at radius 1 is 1.24 bits per heavy atom. The van der Waals surface area contributed by atoms with Crippen LogP contribution in [-0.4, -0.2) is 6.54 Å². The van der Waals surface area contributed by atoms with Crippen molar-refractivity contribution in [1.29, 1.82) is 0 Å². The van der Waals surface area contributed by atoms with Gasteiger partial charge in [-0.15, -0.1) is 0 Å². The Hall–Kier alpha value is -0.600. The minimum atomic E-state index is -0.259. The van der Waals surface area contributed by atoms with Crippen LogP contribution in [-0.2, 0) is 6.54 Å². The molecule has 0 unspecified atom stereocenters. The van der Waals surface area contributed by atoms with Crippen LogP contribution < -0.4 is 5.32 Å². The van der Waals surface area contributed by atoms with E-state index in [1.54, 1.807) is 0 Å². The lowest BCUT2D eigenvalue weighted by Crippen LogP contribution is -2.17. The van der Waals surface area contributed by atoms with Crippen LogP contribution in [0.5, 0.6) is 0 Å². The van der Waals surface area contributed by atoms with E-state index in [0.717, 1.165) is 18.0 Å². The molecule has 1 saturated carbocycles. The molecule has 1 aromatic carbocycles. The summed E-state index contributed by atoms with van der Waals surface area (Å²) < 4.78 is 13.1. The largest absolute Gasteiger partial charge is 0.313 e. The average molecular weight is 256 g/mol. The van der Waals surface area contributed by atoms with E-state index in [4.69, 9.17) is 11.6 Å². The van der Waals surface area contributed by atoms with Crippen molar-refractivity contribution in [2.75, 3.05) is 6.54 Å². The summed E-state index contributed by atoms with van der Waals surface area (Å²) in [4.78, 5) is 0. The van der Waals surface area contributed by atoms with E-state index in [-0.39, 0.29) is 5.82 Å². The SMILES string of the molecule is Fc1cc(Cl)cc(CNCCC2CCCC2)c1. The fraction of sp³-hybridized carbons (Fsp3) is 0.571. The van der Waals surface area contributed by atoms with Crippen molar-refractivity contribution in [3.8, 4) is 0 Å². The maximum Gasteiger partial charge on any atom is 0.125 e. The molecule has 1 aromatic rings. The summed E-state index contributed by atoms with van der Waals surface area (Å²) >= 11 is 5.80. The van der Waals surface area contributed by atoms with Gasteiger partial charge in [0.25, 0.3) is 0 Å². The third-order valence-corrected chi connectivity index (χ3v) is 3.67. The smallest absolute Gasteiger partial charge is 0.125 e. The number of hydrogen-bond donors (Lipinski definition) is 1. The van der Waals surface area contributed by atoms with Crippen LogP contribution in [0.1, 0.15) is 37.7 Å². The quantitative estimate of drug-likeness (QED) is 0.780. The zero-order valence-corrected chi connectivity index (χ0v) is 10.8. The van der Waals surface area contributed by atoms with Crippen molar-refractivity contribution in [2.24, 2.45) is 5.92 Å². The fourth-order valence-electron chi connectivity index (χ4n) is 2.55. The van der Waals surface area contributed by atoms with Gasteiger partial charge in [-0.05, 0) is 42.6 Å². The molecule has 1 aliphatic carbocycles. The summed E-state index contributed by atoms with van der Waals surface area (Å²) in [5.74, 6) is 0.642. The number of benzene rings is 1. The zero-order chi connectivity index (χ0) is 12.1. The van der Waals surface area contributed by atoms with Crippen molar-refractivity contribution in [1.82, 2.24) is 5.32 Å².